The molecule has 1 aromatic rings. The Kier molecular flexibility index (Phi) is 7.93. The van der Waals surface area contributed by atoms with Gasteiger partial charge in [0.2, 0.25) is 0 Å². The number of thioether (sulfide) groups is 1. The van der Waals surface area contributed by atoms with Crippen LogP contribution in [0.2, 0.25) is 0 Å². The van der Waals surface area contributed by atoms with Crippen LogP contribution in [-0.4, -0.2) is 31.7 Å². The Morgan fingerprint density at radius 1 is 1.29 bits per heavy atom. The molecule has 0 aliphatic rings. The van der Waals surface area contributed by atoms with E-state index in [9.17, 15) is 0 Å². The summed E-state index contributed by atoms with van der Waals surface area (Å²) in [4.78, 5) is 0. The van der Waals surface area contributed by atoms with Gasteiger partial charge in [0.05, 0.1) is 6.61 Å². The molecule has 0 aromatic heterocycles. The van der Waals surface area contributed by atoms with E-state index >= 15 is 0 Å². The molecule has 2 nitrogen and oxygen atoms in total. The molecule has 1 N–H and O–H groups in total. The molecule has 1 rings (SSSR count). The van der Waals surface area contributed by atoms with Crippen LogP contribution in [0.25, 0.3) is 0 Å². The van der Waals surface area contributed by atoms with Crippen molar-refractivity contribution in [1.29, 1.82) is 0 Å². The van der Waals surface area contributed by atoms with Crippen molar-refractivity contribution in [2.24, 2.45) is 5.92 Å². The van der Waals surface area contributed by atoms with Crippen LogP contribution >= 0.6 is 11.8 Å². The quantitative estimate of drug-likeness (QED) is 0.684. The Morgan fingerprint density at radius 2 is 2.06 bits per heavy atom. The second-order valence-electron chi connectivity index (χ2n) is 4.28. The van der Waals surface area contributed by atoms with Gasteiger partial charge < -0.3 is 10.1 Å². The first kappa shape index (κ1) is 14.4. The maximum atomic E-state index is 5.62. The number of ether oxygens (including phenoxy) is 1. The molecule has 0 bridgehead atoms. The highest BCUT2D eigenvalue weighted by Crippen LogP contribution is 2.08. The molecule has 0 heterocycles. The van der Waals surface area contributed by atoms with Crippen molar-refractivity contribution in [3.8, 4) is 5.75 Å². The lowest BCUT2D eigenvalue weighted by Gasteiger charge is -2.11. The van der Waals surface area contributed by atoms with E-state index in [2.05, 4.69) is 18.5 Å². The minimum Gasteiger partial charge on any atom is -0.494 e. The molecule has 3 heteroatoms. The third-order valence-corrected chi connectivity index (χ3v) is 3.36. The topological polar surface area (TPSA) is 21.3 Å². The zero-order valence-corrected chi connectivity index (χ0v) is 11.6. The van der Waals surface area contributed by atoms with E-state index in [-0.39, 0.29) is 0 Å². The van der Waals surface area contributed by atoms with Crippen molar-refractivity contribution in [3.63, 3.8) is 0 Å². The highest BCUT2D eigenvalue weighted by atomic mass is 32.2. The van der Waals surface area contributed by atoms with Crippen molar-refractivity contribution < 1.29 is 4.74 Å². The second-order valence-corrected chi connectivity index (χ2v) is 5.19. The zero-order valence-electron chi connectivity index (χ0n) is 10.8. The molecular formula is C14H23NOS. The summed E-state index contributed by atoms with van der Waals surface area (Å²) < 4.78 is 5.62. The molecule has 0 aliphatic carbocycles. The largest absolute Gasteiger partial charge is 0.494 e. The third kappa shape index (κ3) is 7.29. The summed E-state index contributed by atoms with van der Waals surface area (Å²) >= 11 is 1.91. The van der Waals surface area contributed by atoms with Crippen molar-refractivity contribution in [2.45, 2.75) is 13.3 Å². The fourth-order valence-corrected chi connectivity index (χ4v) is 2.28. The van der Waals surface area contributed by atoms with E-state index in [1.807, 2.05) is 42.1 Å². The number of nitrogens with one attached hydrogen (secondary N) is 1. The summed E-state index contributed by atoms with van der Waals surface area (Å²) in [6, 6.07) is 9.98. The van der Waals surface area contributed by atoms with Crippen molar-refractivity contribution in [1.82, 2.24) is 5.32 Å². The lowest BCUT2D eigenvalue weighted by Crippen LogP contribution is -2.24. The fourth-order valence-electron chi connectivity index (χ4n) is 1.60. The Hall–Kier alpha value is -0.670. The second kappa shape index (κ2) is 9.37. The smallest absolute Gasteiger partial charge is 0.119 e. The van der Waals surface area contributed by atoms with Crippen LogP contribution in [0, 0.1) is 5.92 Å². The molecule has 0 spiro atoms. The predicted molar refractivity (Wildman–Crippen MR) is 77.0 cm³/mol. The molecule has 0 amide bonds. The SMILES string of the molecule is CSCC(C)CNCCCOc1ccccc1. The van der Waals surface area contributed by atoms with Crippen molar-refractivity contribution >= 4 is 11.8 Å². The van der Waals surface area contributed by atoms with Crippen LogP contribution in [0.15, 0.2) is 30.3 Å². The van der Waals surface area contributed by atoms with Gasteiger partial charge in [-0.25, -0.2) is 0 Å². The maximum absolute atomic E-state index is 5.62. The van der Waals surface area contributed by atoms with Gasteiger partial charge in [-0.05, 0) is 49.6 Å². The first-order chi connectivity index (χ1) is 8.33. The molecule has 0 saturated heterocycles. The summed E-state index contributed by atoms with van der Waals surface area (Å²) in [6.07, 6.45) is 3.21. The molecule has 1 unspecified atom stereocenters. The summed E-state index contributed by atoms with van der Waals surface area (Å²) in [5.74, 6) is 2.94. The maximum Gasteiger partial charge on any atom is 0.119 e. The summed E-state index contributed by atoms with van der Waals surface area (Å²) in [6.45, 7) is 5.20. The summed E-state index contributed by atoms with van der Waals surface area (Å²) in [5, 5.41) is 3.46. The number of hydrogen-bond donors (Lipinski definition) is 1. The normalized spacial score (nSPS) is 12.4. The molecule has 0 saturated carbocycles. The molecule has 0 radical (unpaired) electrons. The number of rotatable bonds is 9. The third-order valence-electron chi connectivity index (χ3n) is 2.45. The molecule has 0 fully saturated rings. The van der Waals surface area contributed by atoms with Crippen LogP contribution in [0.5, 0.6) is 5.75 Å². The van der Waals surface area contributed by atoms with E-state index < -0.39 is 0 Å². The Balaban J connectivity index is 1.95. The van der Waals surface area contributed by atoms with Gasteiger partial charge in [0.15, 0.2) is 0 Å². The monoisotopic (exact) mass is 253 g/mol. The van der Waals surface area contributed by atoms with Gasteiger partial charge in [-0.1, -0.05) is 25.1 Å². The minimum atomic E-state index is 0.750. The molecular weight excluding hydrogens is 230 g/mol. The minimum absolute atomic E-state index is 0.750. The predicted octanol–water partition coefficient (Wildman–Crippen LogP) is 3.04. The van der Waals surface area contributed by atoms with Crippen LogP contribution in [0.1, 0.15) is 13.3 Å². The summed E-state index contributed by atoms with van der Waals surface area (Å²) in [7, 11) is 0. The van der Waals surface area contributed by atoms with Crippen molar-refractivity contribution in [2.75, 3.05) is 31.7 Å². The van der Waals surface area contributed by atoms with E-state index in [0.29, 0.717) is 0 Å². The molecule has 17 heavy (non-hydrogen) atoms. The van der Waals surface area contributed by atoms with Crippen LogP contribution < -0.4 is 10.1 Å². The molecule has 1 aromatic carbocycles. The van der Waals surface area contributed by atoms with Crippen LogP contribution in [-0.2, 0) is 0 Å². The number of hydrogen-bond acceptors (Lipinski definition) is 3. The van der Waals surface area contributed by atoms with Gasteiger partial charge in [-0.2, -0.15) is 11.8 Å². The average Bonchev–Trinajstić information content (AvgIpc) is 2.35. The van der Waals surface area contributed by atoms with Crippen LogP contribution in [0.3, 0.4) is 0 Å². The van der Waals surface area contributed by atoms with E-state index in [1.54, 1.807) is 0 Å². The first-order valence-electron chi connectivity index (χ1n) is 6.20. The lowest BCUT2D eigenvalue weighted by atomic mass is 10.2. The Bertz CT molecular complexity index is 279. The number of para-hydroxylation sites is 1. The van der Waals surface area contributed by atoms with Crippen molar-refractivity contribution in [3.05, 3.63) is 30.3 Å². The molecule has 96 valence electrons. The lowest BCUT2D eigenvalue weighted by molar-refractivity contribution is 0.307. The fraction of sp³-hybridized carbons (Fsp3) is 0.571. The van der Waals surface area contributed by atoms with E-state index in [0.717, 1.165) is 37.8 Å². The average molecular weight is 253 g/mol. The van der Waals surface area contributed by atoms with Gasteiger partial charge >= 0.3 is 0 Å². The Labute approximate surface area is 109 Å². The van der Waals surface area contributed by atoms with Gasteiger partial charge in [0, 0.05) is 0 Å². The summed E-state index contributed by atoms with van der Waals surface area (Å²) in [5.41, 5.74) is 0. The standard InChI is InChI=1S/C14H23NOS/c1-13(12-17-2)11-15-9-6-10-16-14-7-4-3-5-8-14/h3-5,7-8,13,15H,6,9-12H2,1-2H3. The van der Waals surface area contributed by atoms with Gasteiger partial charge in [-0.3, -0.25) is 0 Å². The van der Waals surface area contributed by atoms with E-state index in [1.165, 1.54) is 5.75 Å². The first-order valence-corrected chi connectivity index (χ1v) is 7.60. The van der Waals surface area contributed by atoms with Gasteiger partial charge in [-0.15, -0.1) is 0 Å². The van der Waals surface area contributed by atoms with Gasteiger partial charge in [0.25, 0.3) is 0 Å². The number of benzene rings is 1. The van der Waals surface area contributed by atoms with Gasteiger partial charge in [0.1, 0.15) is 5.75 Å². The zero-order chi connectivity index (χ0) is 12.3. The molecule has 0 aliphatic heterocycles. The van der Waals surface area contributed by atoms with E-state index in [4.69, 9.17) is 4.74 Å². The highest BCUT2D eigenvalue weighted by molar-refractivity contribution is 7.98. The Morgan fingerprint density at radius 3 is 2.76 bits per heavy atom. The molecule has 1 atom stereocenters. The highest BCUT2D eigenvalue weighted by Gasteiger charge is 1.99. The van der Waals surface area contributed by atoms with Crippen LogP contribution in [0.4, 0.5) is 0 Å².